The first-order valence-electron chi connectivity index (χ1n) is 8.48. The summed E-state index contributed by atoms with van der Waals surface area (Å²) in [6.07, 6.45) is 2.47. The van der Waals surface area contributed by atoms with Gasteiger partial charge in [0.15, 0.2) is 17.3 Å². The molecule has 3 rings (SSSR count). The fourth-order valence-corrected chi connectivity index (χ4v) is 2.37. The van der Waals surface area contributed by atoms with E-state index in [1.807, 2.05) is 37.4 Å². The first-order chi connectivity index (χ1) is 12.7. The van der Waals surface area contributed by atoms with Crippen molar-refractivity contribution in [1.82, 2.24) is 25.2 Å². The molecule has 1 atom stereocenters. The fourth-order valence-electron chi connectivity index (χ4n) is 2.37. The molecule has 0 aliphatic carbocycles. The average Bonchev–Trinajstić information content (AvgIpc) is 3.29. The highest BCUT2D eigenvalue weighted by Gasteiger charge is 2.20. The van der Waals surface area contributed by atoms with Crippen LogP contribution in [0.3, 0.4) is 0 Å². The number of ether oxygens (including phenoxy) is 2. The molecule has 9 heteroatoms. The zero-order valence-corrected chi connectivity index (χ0v) is 16.4. The Kier molecular flexibility index (Phi) is 7.78. The van der Waals surface area contributed by atoms with Crippen molar-refractivity contribution in [2.75, 3.05) is 27.4 Å². The molecule has 146 valence electrons. The Bertz CT molecular complexity index is 822. The fraction of sp³-hybridized carbons (Fsp3) is 0.389. The summed E-state index contributed by atoms with van der Waals surface area (Å²) in [7, 11) is 3.53. The van der Waals surface area contributed by atoms with Gasteiger partial charge < -0.3 is 19.3 Å². The molecule has 0 saturated heterocycles. The molecule has 0 bridgehead atoms. The quantitative estimate of drug-likeness (QED) is 0.559. The van der Waals surface area contributed by atoms with Crippen molar-refractivity contribution in [3.05, 3.63) is 42.4 Å². The van der Waals surface area contributed by atoms with E-state index in [4.69, 9.17) is 14.0 Å². The standard InChI is InChI=1S/C18H23N5O3.ClH/c1-13(19-2)11-16-20-18(26-22-16)17-15(25-10-9-24-3)12-23(21-17)14-7-5-4-6-8-14;/h4-8,12-13,19H,9-11H2,1-3H3;1H. The van der Waals surface area contributed by atoms with E-state index in [1.54, 1.807) is 18.0 Å². The smallest absolute Gasteiger partial charge is 0.282 e. The van der Waals surface area contributed by atoms with Gasteiger partial charge in [-0.3, -0.25) is 0 Å². The van der Waals surface area contributed by atoms with Crippen molar-refractivity contribution >= 4 is 12.4 Å². The third-order valence-corrected chi connectivity index (χ3v) is 3.90. The van der Waals surface area contributed by atoms with E-state index >= 15 is 0 Å². The first-order valence-corrected chi connectivity index (χ1v) is 8.48. The Hall–Kier alpha value is -2.42. The summed E-state index contributed by atoms with van der Waals surface area (Å²) in [6.45, 7) is 2.94. The summed E-state index contributed by atoms with van der Waals surface area (Å²) >= 11 is 0. The van der Waals surface area contributed by atoms with E-state index in [-0.39, 0.29) is 18.4 Å². The predicted molar refractivity (Wildman–Crippen MR) is 104 cm³/mol. The van der Waals surface area contributed by atoms with Crippen LogP contribution in [0.15, 0.2) is 41.1 Å². The second kappa shape index (κ2) is 10.1. The van der Waals surface area contributed by atoms with Crippen molar-refractivity contribution in [3.8, 4) is 23.0 Å². The zero-order valence-electron chi connectivity index (χ0n) is 15.6. The van der Waals surface area contributed by atoms with Crippen LogP contribution in [-0.4, -0.2) is 53.3 Å². The molecule has 0 radical (unpaired) electrons. The Labute approximate surface area is 164 Å². The predicted octanol–water partition coefficient (Wildman–Crippen LogP) is 2.52. The molecule has 0 spiro atoms. The molecule has 2 heterocycles. The van der Waals surface area contributed by atoms with Crippen molar-refractivity contribution in [2.45, 2.75) is 19.4 Å². The van der Waals surface area contributed by atoms with E-state index in [2.05, 4.69) is 27.5 Å². The minimum absolute atomic E-state index is 0. The Morgan fingerprint density at radius 1 is 1.22 bits per heavy atom. The molecule has 0 saturated carbocycles. The molecular formula is C18H24ClN5O3. The van der Waals surface area contributed by atoms with Crippen molar-refractivity contribution in [1.29, 1.82) is 0 Å². The van der Waals surface area contributed by atoms with Crippen LogP contribution in [0.5, 0.6) is 5.75 Å². The lowest BCUT2D eigenvalue weighted by Crippen LogP contribution is -2.24. The number of nitrogens with one attached hydrogen (secondary N) is 1. The second-order valence-electron chi connectivity index (χ2n) is 5.87. The van der Waals surface area contributed by atoms with Crippen LogP contribution in [0.25, 0.3) is 17.3 Å². The molecule has 27 heavy (non-hydrogen) atoms. The van der Waals surface area contributed by atoms with Gasteiger partial charge in [0.05, 0.1) is 18.5 Å². The maximum Gasteiger partial charge on any atom is 0.282 e. The summed E-state index contributed by atoms with van der Waals surface area (Å²) in [5, 5.41) is 11.8. The summed E-state index contributed by atoms with van der Waals surface area (Å²) in [5.41, 5.74) is 1.43. The van der Waals surface area contributed by atoms with Crippen molar-refractivity contribution in [2.24, 2.45) is 0 Å². The number of hydrogen-bond donors (Lipinski definition) is 1. The lowest BCUT2D eigenvalue weighted by atomic mass is 10.2. The van der Waals surface area contributed by atoms with Crippen LogP contribution >= 0.6 is 12.4 Å². The number of hydrogen-bond acceptors (Lipinski definition) is 7. The van der Waals surface area contributed by atoms with Gasteiger partial charge in [0, 0.05) is 19.6 Å². The number of methoxy groups -OCH3 is 1. The molecule has 1 N–H and O–H groups in total. The molecule has 3 aromatic rings. The molecule has 1 aromatic carbocycles. The highest BCUT2D eigenvalue weighted by molar-refractivity contribution is 5.85. The molecule has 8 nitrogen and oxygen atoms in total. The van der Waals surface area contributed by atoms with Crippen LogP contribution in [0.1, 0.15) is 12.7 Å². The lowest BCUT2D eigenvalue weighted by molar-refractivity contribution is 0.146. The van der Waals surface area contributed by atoms with E-state index in [0.717, 1.165) is 5.69 Å². The van der Waals surface area contributed by atoms with Crippen LogP contribution in [0.2, 0.25) is 0 Å². The van der Waals surface area contributed by atoms with Gasteiger partial charge in [0.1, 0.15) is 6.61 Å². The maximum absolute atomic E-state index is 5.80. The summed E-state index contributed by atoms with van der Waals surface area (Å²) in [6, 6.07) is 10.0. The maximum atomic E-state index is 5.80. The number of para-hydroxylation sites is 1. The Balaban J connectivity index is 0.00000261. The zero-order chi connectivity index (χ0) is 18.4. The number of likely N-dealkylation sites (N-methyl/N-ethyl adjacent to an activating group) is 1. The highest BCUT2D eigenvalue weighted by atomic mass is 35.5. The number of aromatic nitrogens is 4. The lowest BCUT2D eigenvalue weighted by Gasteiger charge is -2.04. The third-order valence-electron chi connectivity index (χ3n) is 3.90. The number of halogens is 1. The molecule has 1 unspecified atom stereocenters. The third kappa shape index (κ3) is 5.29. The average molecular weight is 394 g/mol. The summed E-state index contributed by atoms with van der Waals surface area (Å²) < 4.78 is 18.0. The van der Waals surface area contributed by atoms with E-state index in [9.17, 15) is 0 Å². The van der Waals surface area contributed by atoms with Gasteiger partial charge in [-0.25, -0.2) is 4.68 Å². The largest absolute Gasteiger partial charge is 0.487 e. The normalized spacial score (nSPS) is 11.8. The Morgan fingerprint density at radius 3 is 2.70 bits per heavy atom. The second-order valence-corrected chi connectivity index (χ2v) is 5.87. The SMILES string of the molecule is CNC(C)Cc1noc(-c2nn(-c3ccccc3)cc2OCCOC)n1.Cl. The minimum Gasteiger partial charge on any atom is -0.487 e. The van der Waals surface area contributed by atoms with Crippen LogP contribution in [0.4, 0.5) is 0 Å². The van der Waals surface area contributed by atoms with E-state index < -0.39 is 0 Å². The van der Waals surface area contributed by atoms with Gasteiger partial charge in [0.25, 0.3) is 5.89 Å². The molecule has 0 aliphatic rings. The summed E-state index contributed by atoms with van der Waals surface area (Å²) in [4.78, 5) is 4.46. The first kappa shape index (κ1) is 20.9. The number of nitrogens with zero attached hydrogens (tertiary/aromatic N) is 4. The molecule has 0 fully saturated rings. The number of benzene rings is 1. The Morgan fingerprint density at radius 2 is 2.00 bits per heavy atom. The van der Waals surface area contributed by atoms with Crippen LogP contribution in [-0.2, 0) is 11.2 Å². The van der Waals surface area contributed by atoms with Gasteiger partial charge in [-0.1, -0.05) is 23.4 Å². The molecular weight excluding hydrogens is 370 g/mol. The molecule has 2 aromatic heterocycles. The van der Waals surface area contributed by atoms with Crippen LogP contribution < -0.4 is 10.1 Å². The van der Waals surface area contributed by atoms with Gasteiger partial charge in [-0.2, -0.15) is 10.1 Å². The molecule has 0 aliphatic heterocycles. The monoisotopic (exact) mass is 393 g/mol. The van der Waals surface area contributed by atoms with Crippen molar-refractivity contribution in [3.63, 3.8) is 0 Å². The topological polar surface area (TPSA) is 87.2 Å². The minimum atomic E-state index is 0. The van der Waals surface area contributed by atoms with Crippen molar-refractivity contribution < 1.29 is 14.0 Å². The van der Waals surface area contributed by atoms with Gasteiger partial charge in [-0.15, -0.1) is 12.4 Å². The number of rotatable bonds is 9. The van der Waals surface area contributed by atoms with E-state index in [0.29, 0.717) is 42.8 Å². The summed E-state index contributed by atoms with van der Waals surface area (Å²) in [5.74, 6) is 1.53. The van der Waals surface area contributed by atoms with E-state index in [1.165, 1.54) is 0 Å². The van der Waals surface area contributed by atoms with Gasteiger partial charge in [0.2, 0.25) is 0 Å². The highest BCUT2D eigenvalue weighted by Crippen LogP contribution is 2.29. The van der Waals surface area contributed by atoms with Gasteiger partial charge >= 0.3 is 0 Å². The van der Waals surface area contributed by atoms with Gasteiger partial charge in [-0.05, 0) is 26.1 Å². The van der Waals surface area contributed by atoms with Crippen LogP contribution in [0, 0.1) is 0 Å². The molecule has 0 amide bonds.